The SMILES string of the molecule is CCOP(=O)(O)C(C#N)OC(C)=O. The number of carbonyl (C=O) groups is 1. The predicted molar refractivity (Wildman–Crippen MR) is 42.6 cm³/mol. The van der Waals surface area contributed by atoms with Crippen molar-refractivity contribution < 1.29 is 23.5 Å². The first-order chi connectivity index (χ1) is 5.94. The number of esters is 1. The molecule has 2 atom stereocenters. The molecule has 0 radical (unpaired) electrons. The van der Waals surface area contributed by atoms with Crippen LogP contribution in [0.5, 0.6) is 0 Å². The Hall–Kier alpha value is -0.890. The topological polar surface area (TPSA) is 96.6 Å². The highest BCUT2D eigenvalue weighted by Gasteiger charge is 2.35. The van der Waals surface area contributed by atoms with Crippen LogP contribution < -0.4 is 0 Å². The zero-order valence-corrected chi connectivity index (χ0v) is 8.15. The molecule has 6 nitrogen and oxygen atoms in total. The van der Waals surface area contributed by atoms with Crippen LogP contribution in [0.1, 0.15) is 13.8 Å². The molecule has 0 fully saturated rings. The standard InChI is InChI=1S/C6H10NO5P/c1-3-11-13(9,10)6(4-7)12-5(2)8/h6H,3H2,1-2H3,(H,9,10). The van der Waals surface area contributed by atoms with Gasteiger partial charge in [-0.05, 0) is 6.92 Å². The number of hydrogen-bond acceptors (Lipinski definition) is 5. The Morgan fingerprint density at radius 2 is 2.31 bits per heavy atom. The summed E-state index contributed by atoms with van der Waals surface area (Å²) in [6, 6.07) is 1.38. The van der Waals surface area contributed by atoms with Crippen molar-refractivity contribution in [3.05, 3.63) is 0 Å². The number of nitrogens with zero attached hydrogens (tertiary/aromatic N) is 1. The van der Waals surface area contributed by atoms with Crippen molar-refractivity contribution in [2.45, 2.75) is 19.7 Å². The molecule has 2 unspecified atom stereocenters. The lowest BCUT2D eigenvalue weighted by Crippen LogP contribution is -2.15. The van der Waals surface area contributed by atoms with Crippen molar-refractivity contribution in [3.8, 4) is 6.07 Å². The summed E-state index contributed by atoms with van der Waals surface area (Å²) in [6.45, 7) is 2.49. The average Bonchev–Trinajstić information content (AvgIpc) is 1.99. The molecule has 0 aliphatic rings. The molecule has 0 amide bonds. The molecule has 0 aromatic heterocycles. The summed E-state index contributed by atoms with van der Waals surface area (Å²) in [4.78, 5) is 19.5. The molecule has 0 aliphatic heterocycles. The van der Waals surface area contributed by atoms with Crippen LogP contribution in [-0.2, 0) is 18.6 Å². The maximum absolute atomic E-state index is 11.1. The Morgan fingerprint density at radius 3 is 2.62 bits per heavy atom. The van der Waals surface area contributed by atoms with Crippen LogP contribution in [0.4, 0.5) is 0 Å². The van der Waals surface area contributed by atoms with Gasteiger partial charge in [0.15, 0.2) is 0 Å². The maximum Gasteiger partial charge on any atom is 0.383 e. The lowest BCUT2D eigenvalue weighted by atomic mass is 10.7. The van der Waals surface area contributed by atoms with Gasteiger partial charge in [0.25, 0.3) is 5.85 Å². The quantitative estimate of drug-likeness (QED) is 0.536. The molecule has 13 heavy (non-hydrogen) atoms. The van der Waals surface area contributed by atoms with Crippen molar-refractivity contribution in [1.82, 2.24) is 0 Å². The summed E-state index contributed by atoms with van der Waals surface area (Å²) in [7, 11) is -4.16. The number of rotatable bonds is 4. The summed E-state index contributed by atoms with van der Waals surface area (Å²) >= 11 is 0. The van der Waals surface area contributed by atoms with Crippen LogP contribution in [0.25, 0.3) is 0 Å². The third-order valence-electron chi connectivity index (χ3n) is 0.998. The third kappa shape index (κ3) is 4.04. The van der Waals surface area contributed by atoms with E-state index in [1.54, 1.807) is 0 Å². The van der Waals surface area contributed by atoms with Gasteiger partial charge in [-0.2, -0.15) is 5.26 Å². The summed E-state index contributed by atoms with van der Waals surface area (Å²) in [6.07, 6.45) is 0. The average molecular weight is 207 g/mol. The third-order valence-corrected chi connectivity index (χ3v) is 2.44. The van der Waals surface area contributed by atoms with E-state index < -0.39 is 19.4 Å². The van der Waals surface area contributed by atoms with Gasteiger partial charge in [-0.3, -0.25) is 9.36 Å². The fourth-order valence-electron chi connectivity index (χ4n) is 0.576. The van der Waals surface area contributed by atoms with Gasteiger partial charge in [0.2, 0.25) is 0 Å². The van der Waals surface area contributed by atoms with E-state index in [0.717, 1.165) is 6.92 Å². The molecule has 0 aliphatic carbocycles. The van der Waals surface area contributed by atoms with Crippen LogP contribution in [0.3, 0.4) is 0 Å². The fraction of sp³-hybridized carbons (Fsp3) is 0.667. The minimum Gasteiger partial charge on any atom is -0.434 e. The second kappa shape index (κ2) is 4.97. The van der Waals surface area contributed by atoms with Gasteiger partial charge in [-0.15, -0.1) is 0 Å². The monoisotopic (exact) mass is 207 g/mol. The van der Waals surface area contributed by atoms with Crippen molar-refractivity contribution in [2.75, 3.05) is 6.61 Å². The molecule has 0 rings (SSSR count). The maximum atomic E-state index is 11.1. The summed E-state index contributed by atoms with van der Waals surface area (Å²) < 4.78 is 19.8. The Balaban J connectivity index is 4.49. The van der Waals surface area contributed by atoms with E-state index in [4.69, 9.17) is 10.2 Å². The Labute approximate surface area is 75.6 Å². The van der Waals surface area contributed by atoms with Gasteiger partial charge in [0, 0.05) is 6.92 Å². The predicted octanol–water partition coefficient (Wildman–Crippen LogP) is 0.621. The minimum atomic E-state index is -4.16. The van der Waals surface area contributed by atoms with Gasteiger partial charge < -0.3 is 14.2 Å². The molecule has 0 saturated heterocycles. The van der Waals surface area contributed by atoms with Crippen LogP contribution in [0.15, 0.2) is 0 Å². The first-order valence-corrected chi connectivity index (χ1v) is 5.12. The normalized spacial score (nSPS) is 16.8. The molecule has 0 aromatic rings. The first kappa shape index (κ1) is 12.1. The van der Waals surface area contributed by atoms with E-state index in [2.05, 4.69) is 9.26 Å². The zero-order valence-electron chi connectivity index (χ0n) is 7.26. The van der Waals surface area contributed by atoms with Crippen molar-refractivity contribution in [2.24, 2.45) is 0 Å². The van der Waals surface area contributed by atoms with Crippen LogP contribution in [0.2, 0.25) is 0 Å². The highest BCUT2D eigenvalue weighted by Crippen LogP contribution is 2.47. The van der Waals surface area contributed by atoms with Gasteiger partial charge in [0.1, 0.15) is 6.07 Å². The molecule has 7 heteroatoms. The van der Waals surface area contributed by atoms with Gasteiger partial charge in [0.05, 0.1) is 6.61 Å². The summed E-state index contributed by atoms with van der Waals surface area (Å²) in [5, 5.41) is 8.40. The second-order valence-corrected chi connectivity index (χ2v) is 3.93. The number of nitriles is 1. The number of ether oxygens (including phenoxy) is 1. The van der Waals surface area contributed by atoms with Crippen LogP contribution >= 0.6 is 7.60 Å². The second-order valence-electron chi connectivity index (χ2n) is 2.07. The molecule has 0 aromatic carbocycles. The molecule has 74 valence electrons. The molecule has 0 heterocycles. The molecule has 0 spiro atoms. The molecular weight excluding hydrogens is 197 g/mol. The lowest BCUT2D eigenvalue weighted by molar-refractivity contribution is -0.141. The zero-order chi connectivity index (χ0) is 10.5. The Bertz CT molecular complexity index is 271. The van der Waals surface area contributed by atoms with Crippen molar-refractivity contribution >= 4 is 13.6 Å². The van der Waals surface area contributed by atoms with E-state index in [-0.39, 0.29) is 6.61 Å². The number of hydrogen-bond donors (Lipinski definition) is 1. The Morgan fingerprint density at radius 1 is 1.77 bits per heavy atom. The van der Waals surface area contributed by atoms with Crippen LogP contribution in [0, 0.1) is 11.3 Å². The molecule has 0 bridgehead atoms. The van der Waals surface area contributed by atoms with E-state index >= 15 is 0 Å². The minimum absolute atomic E-state index is 0.0345. The first-order valence-electron chi connectivity index (χ1n) is 3.48. The highest BCUT2D eigenvalue weighted by atomic mass is 31.2. The van der Waals surface area contributed by atoms with E-state index in [1.165, 1.54) is 13.0 Å². The number of carbonyl (C=O) groups excluding carboxylic acids is 1. The summed E-state index contributed by atoms with van der Waals surface area (Å²) in [5.74, 6) is -2.55. The molecular formula is C6H10NO5P. The van der Waals surface area contributed by atoms with E-state index in [1.807, 2.05) is 0 Å². The van der Waals surface area contributed by atoms with Gasteiger partial charge in [-0.25, -0.2) is 0 Å². The van der Waals surface area contributed by atoms with E-state index in [9.17, 15) is 9.36 Å². The highest BCUT2D eigenvalue weighted by molar-refractivity contribution is 7.53. The van der Waals surface area contributed by atoms with Crippen LogP contribution in [-0.4, -0.2) is 23.3 Å². The van der Waals surface area contributed by atoms with E-state index in [0.29, 0.717) is 0 Å². The summed E-state index contributed by atoms with van der Waals surface area (Å²) in [5.41, 5.74) is 0. The van der Waals surface area contributed by atoms with Gasteiger partial charge in [-0.1, -0.05) is 0 Å². The van der Waals surface area contributed by atoms with Crippen molar-refractivity contribution in [3.63, 3.8) is 0 Å². The van der Waals surface area contributed by atoms with Gasteiger partial charge >= 0.3 is 13.6 Å². The largest absolute Gasteiger partial charge is 0.434 e. The Kier molecular flexibility index (Phi) is 4.63. The fourth-order valence-corrected chi connectivity index (χ4v) is 1.51. The van der Waals surface area contributed by atoms with Crippen molar-refractivity contribution in [1.29, 1.82) is 5.26 Å². The molecule has 1 N–H and O–H groups in total. The lowest BCUT2D eigenvalue weighted by Gasteiger charge is -2.15. The molecule has 0 saturated carbocycles. The smallest absolute Gasteiger partial charge is 0.383 e.